The van der Waals surface area contributed by atoms with Crippen molar-refractivity contribution in [3.05, 3.63) is 131 Å². The number of aliphatic carboxylic acids is 1. The topological polar surface area (TPSA) is 108 Å². The summed E-state index contributed by atoms with van der Waals surface area (Å²) in [4.78, 5) is 25.0. The molecule has 0 radical (unpaired) electrons. The Morgan fingerprint density at radius 3 is 2.22 bits per heavy atom. The highest BCUT2D eigenvalue weighted by Gasteiger charge is 2.32. The Kier molecular flexibility index (Phi) is 11.1. The number of carboxylic acid groups (broad SMARTS) is 1. The average Bonchev–Trinajstić information content (AvgIpc) is 3.07. The Bertz CT molecular complexity index is 1540. The minimum atomic E-state index is -0.988. The van der Waals surface area contributed by atoms with Crippen molar-refractivity contribution in [1.82, 2.24) is 10.2 Å². The Labute approximate surface area is 264 Å². The van der Waals surface area contributed by atoms with Crippen molar-refractivity contribution in [2.45, 2.75) is 57.5 Å². The summed E-state index contributed by atoms with van der Waals surface area (Å²) in [5, 5.41) is 21.1. The first kappa shape index (κ1) is 32.1. The van der Waals surface area contributed by atoms with Crippen LogP contribution in [0.15, 0.2) is 103 Å². The zero-order chi connectivity index (χ0) is 31.6. The molecule has 1 saturated heterocycles. The van der Waals surface area contributed by atoms with Crippen LogP contribution in [-0.2, 0) is 38.8 Å². The van der Waals surface area contributed by atoms with Crippen LogP contribution in [0.25, 0.3) is 11.1 Å². The van der Waals surface area contributed by atoms with Gasteiger partial charge in [0.15, 0.2) is 6.29 Å². The zero-order valence-corrected chi connectivity index (χ0v) is 25.5. The van der Waals surface area contributed by atoms with Crippen LogP contribution in [-0.4, -0.2) is 46.7 Å². The van der Waals surface area contributed by atoms with Crippen LogP contribution in [0.3, 0.4) is 0 Å². The van der Waals surface area contributed by atoms with Crippen LogP contribution >= 0.6 is 0 Å². The van der Waals surface area contributed by atoms with Gasteiger partial charge in [-0.05, 0) is 46.5 Å². The number of hydrogen-bond donors (Lipinski definition) is 3. The van der Waals surface area contributed by atoms with Gasteiger partial charge in [0.1, 0.15) is 0 Å². The molecule has 0 saturated carbocycles. The molecule has 0 bridgehead atoms. The molecule has 1 heterocycles. The Morgan fingerprint density at radius 2 is 1.51 bits per heavy atom. The Hall–Kier alpha value is -4.34. The lowest BCUT2D eigenvalue weighted by Crippen LogP contribution is -2.37. The van der Waals surface area contributed by atoms with Gasteiger partial charge in [-0.2, -0.15) is 0 Å². The van der Waals surface area contributed by atoms with E-state index >= 15 is 0 Å². The van der Waals surface area contributed by atoms with Crippen molar-refractivity contribution in [3.63, 3.8) is 0 Å². The number of aliphatic hydroxyl groups excluding tert-OH is 1. The second kappa shape index (κ2) is 15.6. The maximum absolute atomic E-state index is 12.0. The number of amides is 1. The summed E-state index contributed by atoms with van der Waals surface area (Å²) in [7, 11) is 2.11. The number of hydrogen-bond acceptors (Lipinski definition) is 6. The molecule has 4 aromatic carbocycles. The molecule has 45 heavy (non-hydrogen) atoms. The number of carbonyl (C=O) groups excluding carboxylic acids is 1. The number of carbonyl (C=O) groups is 2. The van der Waals surface area contributed by atoms with Gasteiger partial charge in [-0.15, -0.1) is 0 Å². The fourth-order valence-corrected chi connectivity index (χ4v) is 5.54. The monoisotopic (exact) mass is 608 g/mol. The number of ether oxygens (including phenoxy) is 2. The van der Waals surface area contributed by atoms with E-state index in [9.17, 15) is 14.7 Å². The number of likely N-dealkylation sites (N-methyl/N-ethyl adjacent to an activating group) is 1. The first-order valence-corrected chi connectivity index (χ1v) is 15.3. The summed E-state index contributed by atoms with van der Waals surface area (Å²) in [6.07, 6.45) is -0.269. The van der Waals surface area contributed by atoms with E-state index in [0.717, 1.165) is 46.5 Å². The Balaban J connectivity index is 1.28. The molecular formula is C37H40N2O6. The molecular weight excluding hydrogens is 568 g/mol. The van der Waals surface area contributed by atoms with E-state index < -0.39 is 12.3 Å². The van der Waals surface area contributed by atoms with Crippen molar-refractivity contribution in [3.8, 4) is 11.1 Å². The molecule has 1 amide bonds. The SMILES string of the molecule is CN(Cc1ccccc1)C[C@H]1C[C@@H](c2ccc(CO)cc2)O[C@@H](c2ccc(-c3cccc(CNC(=O)CCC(=O)O)c3)cc2)O1. The molecule has 4 aromatic rings. The highest BCUT2D eigenvalue weighted by atomic mass is 16.7. The lowest BCUT2D eigenvalue weighted by molar-refractivity contribution is -0.252. The second-order valence-corrected chi connectivity index (χ2v) is 11.5. The summed E-state index contributed by atoms with van der Waals surface area (Å²) >= 11 is 0. The Morgan fingerprint density at radius 1 is 0.800 bits per heavy atom. The van der Waals surface area contributed by atoms with Crippen molar-refractivity contribution < 1.29 is 29.3 Å². The molecule has 1 fully saturated rings. The van der Waals surface area contributed by atoms with Crippen molar-refractivity contribution >= 4 is 11.9 Å². The molecule has 0 aliphatic carbocycles. The van der Waals surface area contributed by atoms with Crippen LogP contribution in [0.2, 0.25) is 0 Å². The van der Waals surface area contributed by atoms with E-state index in [4.69, 9.17) is 14.6 Å². The van der Waals surface area contributed by atoms with Crippen molar-refractivity contribution in [1.29, 1.82) is 0 Å². The van der Waals surface area contributed by atoms with Crippen molar-refractivity contribution in [2.24, 2.45) is 0 Å². The van der Waals surface area contributed by atoms with Gasteiger partial charge in [-0.3, -0.25) is 14.5 Å². The molecule has 5 rings (SSSR count). The van der Waals surface area contributed by atoms with E-state index in [-0.39, 0.29) is 37.6 Å². The number of aliphatic hydroxyl groups is 1. The van der Waals surface area contributed by atoms with Crippen LogP contribution in [0.1, 0.15) is 59.5 Å². The lowest BCUT2D eigenvalue weighted by atomic mass is 9.99. The summed E-state index contributed by atoms with van der Waals surface area (Å²) in [5.74, 6) is -1.27. The third-order valence-electron chi connectivity index (χ3n) is 7.92. The molecule has 8 nitrogen and oxygen atoms in total. The molecule has 1 aliphatic rings. The normalized spacial score (nSPS) is 18.1. The minimum Gasteiger partial charge on any atom is -0.481 e. The molecule has 1 aliphatic heterocycles. The molecule has 8 heteroatoms. The predicted octanol–water partition coefficient (Wildman–Crippen LogP) is 6.00. The zero-order valence-electron chi connectivity index (χ0n) is 25.5. The van der Waals surface area contributed by atoms with Gasteiger partial charge in [-0.1, -0.05) is 97.1 Å². The van der Waals surface area contributed by atoms with E-state index in [1.807, 2.05) is 78.9 Å². The fraction of sp³-hybridized carbons (Fsp3) is 0.297. The molecule has 0 unspecified atom stereocenters. The van der Waals surface area contributed by atoms with Gasteiger partial charge in [0.05, 0.1) is 25.2 Å². The summed E-state index contributed by atoms with van der Waals surface area (Å²) in [5.41, 5.74) is 7.04. The van der Waals surface area contributed by atoms with Gasteiger partial charge < -0.3 is 25.0 Å². The van der Waals surface area contributed by atoms with Crippen molar-refractivity contribution in [2.75, 3.05) is 13.6 Å². The van der Waals surface area contributed by atoms with Crippen LogP contribution in [0.5, 0.6) is 0 Å². The van der Waals surface area contributed by atoms with E-state index in [1.165, 1.54) is 5.56 Å². The number of nitrogens with zero attached hydrogens (tertiary/aromatic N) is 1. The first-order chi connectivity index (χ1) is 21.9. The second-order valence-electron chi connectivity index (χ2n) is 11.5. The van der Waals surface area contributed by atoms with E-state index in [1.54, 1.807) is 0 Å². The van der Waals surface area contributed by atoms with E-state index in [2.05, 4.69) is 41.5 Å². The van der Waals surface area contributed by atoms with Crippen LogP contribution in [0, 0.1) is 0 Å². The number of rotatable bonds is 13. The summed E-state index contributed by atoms with van der Waals surface area (Å²) < 4.78 is 13.1. The van der Waals surface area contributed by atoms with Gasteiger partial charge in [0.2, 0.25) is 5.91 Å². The third kappa shape index (κ3) is 9.33. The van der Waals surface area contributed by atoms with E-state index in [0.29, 0.717) is 13.0 Å². The van der Waals surface area contributed by atoms with Gasteiger partial charge in [0.25, 0.3) is 0 Å². The number of nitrogens with one attached hydrogen (secondary N) is 1. The highest BCUT2D eigenvalue weighted by molar-refractivity contribution is 5.80. The van der Waals surface area contributed by atoms with Gasteiger partial charge >= 0.3 is 5.97 Å². The lowest BCUT2D eigenvalue weighted by Gasteiger charge is -2.38. The van der Waals surface area contributed by atoms with Gasteiger partial charge in [-0.25, -0.2) is 0 Å². The fourth-order valence-electron chi connectivity index (χ4n) is 5.54. The molecule has 0 spiro atoms. The number of carboxylic acids is 1. The van der Waals surface area contributed by atoms with Gasteiger partial charge in [0, 0.05) is 38.0 Å². The summed E-state index contributed by atoms with van der Waals surface area (Å²) in [6.45, 7) is 1.90. The molecule has 3 atom stereocenters. The smallest absolute Gasteiger partial charge is 0.303 e. The number of benzene rings is 4. The standard InChI is InChI=1S/C37H40N2O6/c1-39(23-26-6-3-2-4-7-26)24-33-21-34(30-12-10-27(25-40)11-13-30)45-37(44-33)31-16-14-29(15-17-31)32-9-5-8-28(20-32)22-38-35(41)18-19-36(42)43/h2-17,20,33-34,37,40H,18-19,21-25H2,1H3,(H,38,41)(H,42,43)/t33-,34+,37+/m1/s1. The van der Waals surface area contributed by atoms with Crippen LogP contribution in [0.4, 0.5) is 0 Å². The van der Waals surface area contributed by atoms with Crippen LogP contribution < -0.4 is 5.32 Å². The summed E-state index contributed by atoms with van der Waals surface area (Å²) in [6, 6.07) is 34.4. The maximum Gasteiger partial charge on any atom is 0.303 e. The molecule has 234 valence electrons. The highest BCUT2D eigenvalue weighted by Crippen LogP contribution is 2.38. The third-order valence-corrected chi connectivity index (χ3v) is 7.92. The first-order valence-electron chi connectivity index (χ1n) is 15.3. The maximum atomic E-state index is 12.0. The molecule has 3 N–H and O–H groups in total. The predicted molar refractivity (Wildman–Crippen MR) is 172 cm³/mol. The largest absolute Gasteiger partial charge is 0.481 e. The average molecular weight is 609 g/mol. The quantitative estimate of drug-likeness (QED) is 0.171. The molecule has 0 aromatic heterocycles. The minimum absolute atomic E-state index is 0.00112.